The monoisotopic (exact) mass is 242 g/mol. The minimum atomic E-state index is -1.27. The van der Waals surface area contributed by atoms with Crippen LogP contribution in [-0.4, -0.2) is 0 Å². The van der Waals surface area contributed by atoms with E-state index in [0.29, 0.717) is 0 Å². The number of hydrogen-bond acceptors (Lipinski definition) is 0. The van der Waals surface area contributed by atoms with E-state index in [1.54, 1.807) is 13.8 Å². The highest BCUT2D eigenvalue weighted by atomic mass is 19.1. The molecule has 0 N–H and O–H groups in total. The first-order valence-electron chi connectivity index (χ1n) is 6.39. The van der Waals surface area contributed by atoms with Gasteiger partial charge in [-0.3, -0.25) is 0 Å². The van der Waals surface area contributed by atoms with Crippen LogP contribution in [0, 0.1) is 0 Å². The first-order valence-corrected chi connectivity index (χ1v) is 6.39. The molecule has 0 aliphatic heterocycles. The first-order chi connectivity index (χ1) is 8.50. The molecule has 0 aliphatic carbocycles. The molecule has 0 spiro atoms. The summed E-state index contributed by atoms with van der Waals surface area (Å²) in [5, 5.41) is 0. The molecule has 0 heterocycles. The quantitative estimate of drug-likeness (QED) is 0.700. The van der Waals surface area contributed by atoms with Gasteiger partial charge in [0.25, 0.3) is 0 Å². The zero-order valence-electron chi connectivity index (χ0n) is 11.2. The van der Waals surface area contributed by atoms with E-state index in [1.807, 2.05) is 24.3 Å². The summed E-state index contributed by atoms with van der Waals surface area (Å²) >= 11 is 0. The SMILES string of the molecule is CCc1ccc(-c2ccc(C(C)(C)F)cc2)cc1. The Labute approximate surface area is 108 Å². The molecule has 94 valence electrons. The maximum atomic E-state index is 13.8. The van der Waals surface area contributed by atoms with E-state index in [1.165, 1.54) is 11.1 Å². The standard InChI is InChI=1S/C17H19F/c1-4-13-5-7-14(8-6-13)15-9-11-16(12-10-15)17(2,3)18/h5-12H,4H2,1-3H3. The Morgan fingerprint density at radius 1 is 0.833 bits per heavy atom. The molecule has 0 aliphatic rings. The summed E-state index contributed by atoms with van der Waals surface area (Å²) in [5.74, 6) is 0. The van der Waals surface area contributed by atoms with Gasteiger partial charge in [0.05, 0.1) is 0 Å². The fourth-order valence-electron chi connectivity index (χ4n) is 1.99. The van der Waals surface area contributed by atoms with Gasteiger partial charge >= 0.3 is 0 Å². The van der Waals surface area contributed by atoms with Gasteiger partial charge in [-0.1, -0.05) is 55.5 Å². The lowest BCUT2D eigenvalue weighted by Gasteiger charge is -2.15. The highest BCUT2D eigenvalue weighted by molar-refractivity contribution is 5.64. The summed E-state index contributed by atoms with van der Waals surface area (Å²) in [5.41, 5.74) is 3.09. The lowest BCUT2D eigenvalue weighted by Crippen LogP contribution is -2.08. The second-order valence-electron chi connectivity index (χ2n) is 5.10. The van der Waals surface area contributed by atoms with E-state index >= 15 is 0 Å². The molecule has 0 saturated heterocycles. The molecule has 0 aromatic heterocycles. The molecule has 0 amide bonds. The molecular formula is C17H19F. The number of rotatable bonds is 3. The Kier molecular flexibility index (Phi) is 3.51. The van der Waals surface area contributed by atoms with Crippen molar-refractivity contribution < 1.29 is 4.39 Å². The van der Waals surface area contributed by atoms with E-state index in [9.17, 15) is 4.39 Å². The fraction of sp³-hybridized carbons (Fsp3) is 0.294. The van der Waals surface area contributed by atoms with E-state index < -0.39 is 5.67 Å². The van der Waals surface area contributed by atoms with E-state index in [0.717, 1.165) is 17.5 Å². The van der Waals surface area contributed by atoms with E-state index in [4.69, 9.17) is 0 Å². The highest BCUT2D eigenvalue weighted by Gasteiger charge is 2.17. The Morgan fingerprint density at radius 2 is 1.28 bits per heavy atom. The molecule has 0 fully saturated rings. The molecule has 18 heavy (non-hydrogen) atoms. The molecule has 2 aromatic carbocycles. The largest absolute Gasteiger partial charge is 0.239 e. The van der Waals surface area contributed by atoms with Gasteiger partial charge < -0.3 is 0 Å². The number of aryl methyl sites for hydroxylation is 1. The summed E-state index contributed by atoms with van der Waals surface area (Å²) in [7, 11) is 0. The number of benzene rings is 2. The van der Waals surface area contributed by atoms with Crippen molar-refractivity contribution >= 4 is 0 Å². The molecule has 0 unspecified atom stereocenters. The maximum absolute atomic E-state index is 13.8. The van der Waals surface area contributed by atoms with Crippen molar-refractivity contribution in [1.82, 2.24) is 0 Å². The predicted molar refractivity (Wildman–Crippen MR) is 75.4 cm³/mol. The van der Waals surface area contributed by atoms with E-state index in [-0.39, 0.29) is 0 Å². The van der Waals surface area contributed by atoms with Crippen LogP contribution in [0.4, 0.5) is 4.39 Å². The van der Waals surface area contributed by atoms with Gasteiger partial charge in [-0.2, -0.15) is 0 Å². The topological polar surface area (TPSA) is 0 Å². The second-order valence-corrected chi connectivity index (χ2v) is 5.10. The molecule has 0 atom stereocenters. The molecule has 0 nitrogen and oxygen atoms in total. The van der Waals surface area contributed by atoms with Gasteiger partial charge in [-0.25, -0.2) is 4.39 Å². The molecule has 0 radical (unpaired) electrons. The third kappa shape index (κ3) is 2.79. The van der Waals surface area contributed by atoms with Crippen molar-refractivity contribution in [2.24, 2.45) is 0 Å². The van der Waals surface area contributed by atoms with Crippen LogP contribution < -0.4 is 0 Å². The normalized spacial score (nSPS) is 11.6. The fourth-order valence-corrected chi connectivity index (χ4v) is 1.99. The first kappa shape index (κ1) is 12.8. The lowest BCUT2D eigenvalue weighted by molar-refractivity contribution is 0.221. The molecule has 0 bridgehead atoms. The zero-order chi connectivity index (χ0) is 13.2. The highest BCUT2D eigenvalue weighted by Crippen LogP contribution is 2.27. The van der Waals surface area contributed by atoms with Crippen LogP contribution in [0.15, 0.2) is 48.5 Å². The van der Waals surface area contributed by atoms with Crippen molar-refractivity contribution in [3.8, 4) is 11.1 Å². The van der Waals surface area contributed by atoms with Gasteiger partial charge in [0, 0.05) is 0 Å². The van der Waals surface area contributed by atoms with Gasteiger partial charge in [-0.05, 0) is 42.5 Å². The van der Waals surface area contributed by atoms with Crippen LogP contribution >= 0.6 is 0 Å². The minimum absolute atomic E-state index is 0.719. The van der Waals surface area contributed by atoms with Gasteiger partial charge in [-0.15, -0.1) is 0 Å². The van der Waals surface area contributed by atoms with Crippen LogP contribution in [0.25, 0.3) is 11.1 Å². The molecule has 2 rings (SSSR count). The lowest BCUT2D eigenvalue weighted by atomic mass is 9.96. The van der Waals surface area contributed by atoms with Crippen molar-refractivity contribution in [2.75, 3.05) is 0 Å². The van der Waals surface area contributed by atoms with Gasteiger partial charge in [0.2, 0.25) is 0 Å². The van der Waals surface area contributed by atoms with Crippen molar-refractivity contribution in [3.63, 3.8) is 0 Å². The predicted octanol–water partition coefficient (Wildman–Crippen LogP) is 5.12. The Balaban J connectivity index is 2.28. The molecule has 2 aromatic rings. The number of hydrogen-bond donors (Lipinski definition) is 0. The van der Waals surface area contributed by atoms with Gasteiger partial charge in [0.1, 0.15) is 5.67 Å². The average molecular weight is 242 g/mol. The van der Waals surface area contributed by atoms with Crippen LogP contribution in [0.2, 0.25) is 0 Å². The summed E-state index contributed by atoms with van der Waals surface area (Å²) in [6.07, 6.45) is 1.05. The maximum Gasteiger partial charge on any atom is 0.130 e. The second kappa shape index (κ2) is 4.93. The third-order valence-corrected chi connectivity index (χ3v) is 3.27. The van der Waals surface area contributed by atoms with Crippen LogP contribution in [0.1, 0.15) is 31.9 Å². The zero-order valence-corrected chi connectivity index (χ0v) is 11.2. The Hall–Kier alpha value is -1.63. The Bertz CT molecular complexity index is 501. The van der Waals surface area contributed by atoms with Crippen LogP contribution in [-0.2, 0) is 12.1 Å². The summed E-state index contributed by atoms with van der Waals surface area (Å²) in [4.78, 5) is 0. The molecule has 1 heteroatoms. The smallest absolute Gasteiger partial charge is 0.130 e. The van der Waals surface area contributed by atoms with Crippen molar-refractivity contribution in [2.45, 2.75) is 32.9 Å². The number of alkyl halides is 1. The average Bonchev–Trinajstić information content (AvgIpc) is 2.38. The molecule has 0 saturated carbocycles. The minimum Gasteiger partial charge on any atom is -0.239 e. The summed E-state index contributed by atoms with van der Waals surface area (Å²) < 4.78 is 13.8. The van der Waals surface area contributed by atoms with Crippen molar-refractivity contribution in [1.29, 1.82) is 0 Å². The number of halogens is 1. The Morgan fingerprint density at radius 3 is 1.67 bits per heavy atom. The van der Waals surface area contributed by atoms with Crippen molar-refractivity contribution in [3.05, 3.63) is 59.7 Å². The van der Waals surface area contributed by atoms with Crippen LogP contribution in [0.3, 0.4) is 0 Å². The van der Waals surface area contributed by atoms with E-state index in [2.05, 4.69) is 31.2 Å². The van der Waals surface area contributed by atoms with Crippen LogP contribution in [0.5, 0.6) is 0 Å². The van der Waals surface area contributed by atoms with Gasteiger partial charge in [0.15, 0.2) is 0 Å². The third-order valence-electron chi connectivity index (χ3n) is 3.27. The molecular weight excluding hydrogens is 223 g/mol. The summed E-state index contributed by atoms with van der Waals surface area (Å²) in [6.45, 7) is 5.31. The summed E-state index contributed by atoms with van der Waals surface area (Å²) in [6, 6.07) is 16.2.